The van der Waals surface area contributed by atoms with Crippen LogP contribution < -0.4 is 11.3 Å². The molecular formula is C25H31N3O4. The van der Waals surface area contributed by atoms with Crippen molar-refractivity contribution in [2.45, 2.75) is 56.4 Å². The topological polar surface area (TPSA) is 120 Å². The lowest BCUT2D eigenvalue weighted by Gasteiger charge is -2.52. The van der Waals surface area contributed by atoms with Crippen LogP contribution in [0.2, 0.25) is 0 Å². The summed E-state index contributed by atoms with van der Waals surface area (Å²) in [5, 5.41) is 19.9. The number of hydrogen-bond donors (Lipinski definition) is 4. The number of aromatic nitrogens is 1. The average Bonchev–Trinajstić information content (AvgIpc) is 3.57. The van der Waals surface area contributed by atoms with Crippen LogP contribution in [0, 0.1) is 5.92 Å². The summed E-state index contributed by atoms with van der Waals surface area (Å²) in [5.74, 6) is 0.323. The third-order valence-corrected chi connectivity index (χ3v) is 7.71. The number of carbonyl (C=O) groups is 1. The van der Waals surface area contributed by atoms with E-state index in [-0.39, 0.29) is 23.3 Å². The molecule has 2 bridgehead atoms. The summed E-state index contributed by atoms with van der Waals surface area (Å²) in [7, 11) is 0. The molecule has 1 aliphatic heterocycles. The first-order valence-electron chi connectivity index (χ1n) is 11.6. The molecule has 5 rings (SSSR count). The van der Waals surface area contributed by atoms with E-state index in [4.69, 9.17) is 5.73 Å². The molecule has 1 aromatic heterocycles. The van der Waals surface area contributed by atoms with Gasteiger partial charge in [0.1, 0.15) is 11.3 Å². The Kier molecular flexibility index (Phi) is 5.34. The predicted octanol–water partition coefficient (Wildman–Crippen LogP) is 1.63. The molecule has 2 aliphatic carbocycles. The number of H-pyrrole nitrogens is 1. The Labute approximate surface area is 187 Å². The highest BCUT2D eigenvalue weighted by Gasteiger charge is 2.47. The summed E-state index contributed by atoms with van der Waals surface area (Å²) in [6, 6.07) is 7.68. The highest BCUT2D eigenvalue weighted by Crippen LogP contribution is 2.48. The van der Waals surface area contributed by atoms with Gasteiger partial charge in [-0.1, -0.05) is 6.07 Å². The summed E-state index contributed by atoms with van der Waals surface area (Å²) in [4.78, 5) is 29.8. The number of pyridine rings is 1. The Hall–Kier alpha value is -2.64. The van der Waals surface area contributed by atoms with Crippen molar-refractivity contribution in [3.63, 3.8) is 0 Å². The lowest BCUT2D eigenvalue weighted by atomic mass is 9.61. The average molecular weight is 438 g/mol. The number of rotatable bonds is 7. The van der Waals surface area contributed by atoms with E-state index >= 15 is 0 Å². The zero-order chi connectivity index (χ0) is 22.5. The monoisotopic (exact) mass is 437 g/mol. The molecule has 170 valence electrons. The number of carbonyl (C=O) groups excluding carboxylic acids is 1. The molecule has 32 heavy (non-hydrogen) atoms. The second-order valence-electron chi connectivity index (χ2n) is 9.90. The summed E-state index contributed by atoms with van der Waals surface area (Å²) in [6.07, 6.45) is 6.48. The van der Waals surface area contributed by atoms with Crippen LogP contribution >= 0.6 is 0 Å². The number of nitrogens with one attached hydrogen (secondary N) is 1. The van der Waals surface area contributed by atoms with Crippen LogP contribution in [0.4, 0.5) is 0 Å². The van der Waals surface area contributed by atoms with Crippen molar-refractivity contribution in [2.24, 2.45) is 11.7 Å². The van der Waals surface area contributed by atoms with Crippen molar-refractivity contribution in [2.75, 3.05) is 19.7 Å². The number of phenols is 1. The summed E-state index contributed by atoms with van der Waals surface area (Å²) in [5.41, 5.74) is 8.53. The Balaban J connectivity index is 1.56. The maximum atomic E-state index is 12.6. The van der Waals surface area contributed by atoms with Crippen LogP contribution in [0.25, 0.3) is 0 Å². The van der Waals surface area contributed by atoms with E-state index in [0.717, 1.165) is 55.1 Å². The molecule has 2 aromatic rings. The van der Waals surface area contributed by atoms with Gasteiger partial charge in [-0.05, 0) is 92.3 Å². The molecule has 1 saturated carbocycles. The van der Waals surface area contributed by atoms with Gasteiger partial charge in [0.15, 0.2) is 0 Å². The number of aliphatic hydroxyl groups is 1. The molecule has 1 amide bonds. The number of fused-ring (bicyclic) bond motifs is 4. The van der Waals surface area contributed by atoms with Crippen LogP contribution in [0.15, 0.2) is 29.1 Å². The fraction of sp³-hybridized carbons (Fsp3) is 0.520. The molecule has 7 heteroatoms. The Morgan fingerprint density at radius 3 is 2.81 bits per heavy atom. The third kappa shape index (κ3) is 3.84. The molecule has 0 spiro atoms. The molecule has 3 aliphatic rings. The number of nitrogens with two attached hydrogens (primary N) is 1. The Bertz CT molecular complexity index is 1110. The summed E-state index contributed by atoms with van der Waals surface area (Å²) < 4.78 is 0. The zero-order valence-corrected chi connectivity index (χ0v) is 18.3. The fourth-order valence-corrected chi connectivity index (χ4v) is 5.92. The number of piperidine rings is 1. The maximum absolute atomic E-state index is 12.6. The normalized spacial score (nSPS) is 24.8. The van der Waals surface area contributed by atoms with Crippen molar-refractivity contribution in [1.82, 2.24) is 9.88 Å². The molecule has 2 heterocycles. The van der Waals surface area contributed by atoms with Gasteiger partial charge in [0.25, 0.3) is 11.5 Å². The van der Waals surface area contributed by atoms with Gasteiger partial charge in [-0.15, -0.1) is 0 Å². The van der Waals surface area contributed by atoms with E-state index < -0.39 is 11.5 Å². The molecule has 0 radical (unpaired) electrons. The van der Waals surface area contributed by atoms with Gasteiger partial charge in [-0.2, -0.15) is 0 Å². The highest BCUT2D eigenvalue weighted by molar-refractivity contribution is 5.92. The van der Waals surface area contributed by atoms with Gasteiger partial charge < -0.3 is 20.9 Å². The molecule has 0 unspecified atom stereocenters. The Morgan fingerprint density at radius 2 is 2.09 bits per heavy atom. The van der Waals surface area contributed by atoms with Crippen molar-refractivity contribution in [3.05, 3.63) is 62.6 Å². The van der Waals surface area contributed by atoms with E-state index in [1.165, 1.54) is 24.5 Å². The SMILES string of the molecule is NC(=O)c1cc(CCO)c(C[C@]23CCN(CC4CC4)[C@H](Cc4ccc(O)cc42)C3)[nH]c1=O. The van der Waals surface area contributed by atoms with Gasteiger partial charge in [-0.3, -0.25) is 14.5 Å². The number of aliphatic hydroxyl groups excluding tert-OH is 1. The molecule has 2 fully saturated rings. The molecular weight excluding hydrogens is 406 g/mol. The first-order chi connectivity index (χ1) is 15.4. The molecule has 5 N–H and O–H groups in total. The first-order valence-corrected chi connectivity index (χ1v) is 11.6. The number of primary amides is 1. The van der Waals surface area contributed by atoms with E-state index in [1.54, 1.807) is 6.07 Å². The van der Waals surface area contributed by atoms with E-state index in [2.05, 4.69) is 9.88 Å². The number of nitrogens with zero attached hydrogens (tertiary/aromatic N) is 1. The summed E-state index contributed by atoms with van der Waals surface area (Å²) >= 11 is 0. The van der Waals surface area contributed by atoms with Crippen LogP contribution in [-0.2, 0) is 24.7 Å². The van der Waals surface area contributed by atoms with Gasteiger partial charge in [0, 0.05) is 30.3 Å². The third-order valence-electron chi connectivity index (χ3n) is 7.71. The molecule has 7 nitrogen and oxygen atoms in total. The smallest absolute Gasteiger partial charge is 0.261 e. The van der Waals surface area contributed by atoms with E-state index in [9.17, 15) is 19.8 Å². The van der Waals surface area contributed by atoms with E-state index in [1.807, 2.05) is 12.1 Å². The number of likely N-dealkylation sites (tertiary alicyclic amines) is 1. The summed E-state index contributed by atoms with van der Waals surface area (Å²) in [6.45, 7) is 2.07. The second-order valence-corrected chi connectivity index (χ2v) is 9.90. The molecule has 2 atom stereocenters. The highest BCUT2D eigenvalue weighted by atomic mass is 16.3. The number of benzene rings is 1. The fourth-order valence-electron chi connectivity index (χ4n) is 5.92. The Morgan fingerprint density at radius 1 is 1.28 bits per heavy atom. The number of hydrogen-bond acceptors (Lipinski definition) is 5. The van der Waals surface area contributed by atoms with Crippen LogP contribution in [0.3, 0.4) is 0 Å². The van der Waals surface area contributed by atoms with Crippen LogP contribution in [-0.4, -0.2) is 51.7 Å². The molecule has 1 saturated heterocycles. The lowest BCUT2D eigenvalue weighted by molar-refractivity contribution is 0.0744. The van der Waals surface area contributed by atoms with Gasteiger partial charge in [-0.25, -0.2) is 0 Å². The quantitative estimate of drug-likeness (QED) is 0.525. The van der Waals surface area contributed by atoms with Gasteiger partial charge >= 0.3 is 0 Å². The van der Waals surface area contributed by atoms with Crippen molar-refractivity contribution in [3.8, 4) is 5.75 Å². The standard InChI is InChI=1S/C25H31N3O4/c26-23(31)20-10-17(5-8-29)22(27-24(20)32)13-25-6-7-28(14-15-1-2-15)18(12-25)9-16-3-4-19(30)11-21(16)25/h3-4,10-11,15,18,29-30H,1-2,5-9,12-14H2,(H2,26,31)(H,27,32)/t18-,25-/m1/s1. The second kappa shape index (κ2) is 8.05. The minimum atomic E-state index is -0.767. The maximum Gasteiger partial charge on any atom is 0.261 e. The minimum absolute atomic E-state index is 0.0754. The van der Waals surface area contributed by atoms with Crippen molar-refractivity contribution < 1.29 is 15.0 Å². The minimum Gasteiger partial charge on any atom is -0.508 e. The zero-order valence-electron chi connectivity index (χ0n) is 18.3. The number of phenolic OH excluding ortho intramolecular Hbond substituents is 1. The van der Waals surface area contributed by atoms with Crippen molar-refractivity contribution in [1.29, 1.82) is 0 Å². The first kappa shape index (κ1) is 21.2. The predicted molar refractivity (Wildman–Crippen MR) is 121 cm³/mol. The van der Waals surface area contributed by atoms with Crippen molar-refractivity contribution >= 4 is 5.91 Å². The lowest BCUT2D eigenvalue weighted by Crippen LogP contribution is -2.54. The number of aromatic hydroxyl groups is 1. The van der Waals surface area contributed by atoms with Gasteiger partial charge in [0.05, 0.1) is 0 Å². The number of aromatic amines is 1. The van der Waals surface area contributed by atoms with Crippen LogP contribution in [0.1, 0.15) is 58.4 Å². The van der Waals surface area contributed by atoms with Crippen LogP contribution in [0.5, 0.6) is 5.75 Å². The number of amides is 1. The molecule has 1 aromatic carbocycles. The van der Waals surface area contributed by atoms with E-state index in [0.29, 0.717) is 18.9 Å². The largest absolute Gasteiger partial charge is 0.508 e. The van der Waals surface area contributed by atoms with Gasteiger partial charge in [0.2, 0.25) is 0 Å².